The number of rotatable bonds is 10. The summed E-state index contributed by atoms with van der Waals surface area (Å²) >= 11 is 0. The van der Waals surface area contributed by atoms with Gasteiger partial charge in [-0.3, -0.25) is 0 Å². The maximum Gasteiger partial charge on any atom is 0.137 e. The van der Waals surface area contributed by atoms with Crippen molar-refractivity contribution in [2.45, 2.75) is 12.8 Å². The Balaban J connectivity index is 1.26. The van der Waals surface area contributed by atoms with Crippen molar-refractivity contribution in [3.05, 3.63) is 215 Å². The minimum atomic E-state index is -0.0315. The molecule has 264 valence electrons. The second-order valence-electron chi connectivity index (χ2n) is 13.1. The molecule has 7 aromatic carbocycles. The van der Waals surface area contributed by atoms with E-state index in [4.69, 9.17) is 0 Å². The van der Waals surface area contributed by atoms with Crippen LogP contribution in [0.4, 0.5) is 34.1 Å². The minimum Gasteiger partial charge on any atom is -0.311 e. The van der Waals surface area contributed by atoms with Gasteiger partial charge in [-0.05, 0) is 120 Å². The number of anilines is 6. The Morgan fingerprint density at radius 3 is 0.839 bits per heavy atom. The molecule has 0 aliphatic carbocycles. The first-order valence-corrected chi connectivity index (χ1v) is 18.1. The smallest absolute Gasteiger partial charge is 0.137 e. The summed E-state index contributed by atoms with van der Waals surface area (Å²) in [7, 11) is 0. The molecule has 0 radical (unpaired) electrons. The van der Waals surface area contributed by atoms with Crippen molar-refractivity contribution in [3.8, 4) is 24.3 Å². The molecule has 0 fully saturated rings. The van der Waals surface area contributed by atoms with Crippen molar-refractivity contribution in [2.24, 2.45) is 0 Å². The highest BCUT2D eigenvalue weighted by atomic mass is 15.1. The van der Waals surface area contributed by atoms with Crippen LogP contribution in [0, 0.1) is 45.3 Å². The highest BCUT2D eigenvalue weighted by Gasteiger charge is 2.15. The fourth-order valence-corrected chi connectivity index (χ4v) is 6.91. The molecule has 0 unspecified atom stereocenters. The fourth-order valence-electron chi connectivity index (χ4n) is 6.91. The first-order valence-electron chi connectivity index (χ1n) is 18.1. The van der Waals surface area contributed by atoms with Gasteiger partial charge >= 0.3 is 0 Å². The van der Waals surface area contributed by atoms with Gasteiger partial charge in [0.2, 0.25) is 0 Å². The molecule has 0 saturated heterocycles. The highest BCUT2D eigenvalue weighted by molar-refractivity contribution is 5.79. The lowest BCUT2D eigenvalue weighted by atomic mass is 9.93. The maximum atomic E-state index is 10.1. The summed E-state index contributed by atoms with van der Waals surface area (Å²) in [5, 5.41) is 41.3. The third-order valence-electron chi connectivity index (χ3n) is 9.55. The molecule has 0 aliphatic heterocycles. The van der Waals surface area contributed by atoms with Crippen molar-refractivity contribution in [1.82, 2.24) is 0 Å². The van der Waals surface area contributed by atoms with Gasteiger partial charge in [0.25, 0.3) is 0 Å². The molecule has 0 aliphatic rings. The Labute approximate surface area is 326 Å². The maximum absolute atomic E-state index is 10.1. The lowest BCUT2D eigenvalue weighted by Gasteiger charge is -2.25. The molecule has 0 spiro atoms. The molecule has 0 saturated carbocycles. The van der Waals surface area contributed by atoms with E-state index in [0.717, 1.165) is 45.3 Å². The third-order valence-corrected chi connectivity index (χ3v) is 9.55. The van der Waals surface area contributed by atoms with Crippen molar-refractivity contribution in [3.63, 3.8) is 0 Å². The largest absolute Gasteiger partial charge is 0.311 e. The molecule has 7 aromatic rings. The number of hydrogen-bond acceptors (Lipinski definition) is 6. The molecular weight excluding hydrogens is 685 g/mol. The van der Waals surface area contributed by atoms with Gasteiger partial charge in [-0.25, -0.2) is 0 Å². The van der Waals surface area contributed by atoms with E-state index in [0.29, 0.717) is 34.4 Å². The van der Waals surface area contributed by atoms with E-state index in [-0.39, 0.29) is 11.1 Å². The second kappa shape index (κ2) is 17.1. The summed E-state index contributed by atoms with van der Waals surface area (Å²) in [6, 6.07) is 68.8. The highest BCUT2D eigenvalue weighted by Crippen LogP contribution is 2.35. The quantitative estimate of drug-likeness (QED) is 0.140. The standard InChI is InChI=1S/C50H34N6/c51-33-41(34-52)49-32-40(30-38-23-27-48(28-24-38)56(45-17-9-3-10-18-45)46-19-11-4-12-20-46)50(42(35-53)36-54)31-39(49)29-37-21-25-47(26-22-37)55(43-13-5-1-6-14-43)44-15-7-2-8-16-44/h1-28,31-32H,29-30H2. The summed E-state index contributed by atoms with van der Waals surface area (Å²) in [6.45, 7) is 0. The van der Waals surface area contributed by atoms with Crippen LogP contribution >= 0.6 is 0 Å². The van der Waals surface area contributed by atoms with Crippen molar-refractivity contribution in [2.75, 3.05) is 9.80 Å². The average molecular weight is 719 g/mol. The molecule has 0 aromatic heterocycles. The van der Waals surface area contributed by atoms with Gasteiger partial charge in [-0.15, -0.1) is 0 Å². The summed E-state index contributed by atoms with van der Waals surface area (Å²) in [5.74, 6) is 0. The van der Waals surface area contributed by atoms with Crippen LogP contribution in [0.25, 0.3) is 11.1 Å². The molecule has 0 heterocycles. The predicted octanol–water partition coefficient (Wildman–Crippen LogP) is 10.2. The molecular formula is C50H34N6. The lowest BCUT2D eigenvalue weighted by molar-refractivity contribution is 1.11. The zero-order valence-corrected chi connectivity index (χ0v) is 30.4. The summed E-state index contributed by atoms with van der Waals surface area (Å²) in [6.07, 6.45) is 0.750. The number of para-hydroxylation sites is 4. The number of nitrogens with zero attached hydrogens (tertiary/aromatic N) is 6. The summed E-state index contributed by atoms with van der Waals surface area (Å²) in [4.78, 5) is 4.35. The van der Waals surface area contributed by atoms with E-state index in [1.807, 2.05) is 121 Å². The normalized spacial score (nSPS) is 10.2. The van der Waals surface area contributed by atoms with Crippen molar-refractivity contribution >= 4 is 45.3 Å². The van der Waals surface area contributed by atoms with E-state index in [9.17, 15) is 21.0 Å². The van der Waals surface area contributed by atoms with Crippen LogP contribution in [-0.2, 0) is 12.8 Å². The Hall–Kier alpha value is -8.16. The zero-order chi connectivity index (χ0) is 38.7. The van der Waals surface area contributed by atoms with Gasteiger partial charge in [0.15, 0.2) is 0 Å². The Kier molecular flexibility index (Phi) is 11.1. The van der Waals surface area contributed by atoms with Crippen molar-refractivity contribution < 1.29 is 0 Å². The van der Waals surface area contributed by atoms with Crippen LogP contribution in [-0.4, -0.2) is 0 Å². The Morgan fingerprint density at radius 1 is 0.339 bits per heavy atom. The summed E-state index contributed by atoms with van der Waals surface area (Å²) in [5.41, 5.74) is 9.19. The van der Waals surface area contributed by atoms with Crippen LogP contribution < -0.4 is 20.2 Å². The van der Waals surface area contributed by atoms with E-state index < -0.39 is 0 Å². The molecule has 7 rings (SSSR count). The molecule has 0 bridgehead atoms. The fraction of sp³-hybridized carbons (Fsp3) is 0.0400. The van der Waals surface area contributed by atoms with E-state index in [2.05, 4.69) is 82.6 Å². The number of hydrogen-bond donors (Lipinski definition) is 0. The van der Waals surface area contributed by atoms with Crippen LogP contribution in [0.2, 0.25) is 0 Å². The van der Waals surface area contributed by atoms with Crippen LogP contribution in [0.3, 0.4) is 0 Å². The minimum absolute atomic E-state index is 0.0315. The first kappa shape index (κ1) is 36.2. The van der Waals surface area contributed by atoms with Crippen LogP contribution in [0.15, 0.2) is 182 Å². The van der Waals surface area contributed by atoms with Crippen LogP contribution in [0.1, 0.15) is 22.3 Å². The van der Waals surface area contributed by atoms with Gasteiger partial charge in [-0.1, -0.05) is 97.1 Å². The first-order chi connectivity index (χ1) is 27.6. The Bertz CT molecular complexity index is 2450. The van der Waals surface area contributed by atoms with E-state index in [1.54, 1.807) is 12.1 Å². The number of nitriles is 4. The molecule has 6 nitrogen and oxygen atoms in total. The average Bonchev–Trinajstić information content (AvgIpc) is 3.26. The molecule has 0 N–H and O–H groups in total. The second-order valence-corrected chi connectivity index (χ2v) is 13.1. The summed E-state index contributed by atoms with van der Waals surface area (Å²) < 4.78 is 0. The lowest BCUT2D eigenvalue weighted by Crippen LogP contribution is -2.24. The van der Waals surface area contributed by atoms with Crippen molar-refractivity contribution in [1.29, 1.82) is 21.0 Å². The molecule has 6 heteroatoms. The molecule has 0 amide bonds. The van der Waals surface area contributed by atoms with Gasteiger partial charge in [0.05, 0.1) is 0 Å². The van der Waals surface area contributed by atoms with Gasteiger partial charge in [0, 0.05) is 44.6 Å². The van der Waals surface area contributed by atoms with Gasteiger partial charge in [-0.2, -0.15) is 21.0 Å². The van der Waals surface area contributed by atoms with Gasteiger partial charge < -0.3 is 9.80 Å². The Morgan fingerprint density at radius 2 is 0.589 bits per heavy atom. The van der Waals surface area contributed by atoms with E-state index >= 15 is 0 Å². The van der Waals surface area contributed by atoms with Gasteiger partial charge in [0.1, 0.15) is 35.4 Å². The predicted molar refractivity (Wildman–Crippen MR) is 223 cm³/mol. The van der Waals surface area contributed by atoms with Crippen LogP contribution in [0.5, 0.6) is 0 Å². The molecule has 0 atom stereocenters. The third kappa shape index (κ3) is 7.93. The molecule has 56 heavy (non-hydrogen) atoms. The monoisotopic (exact) mass is 718 g/mol. The number of benzene rings is 7. The van der Waals surface area contributed by atoms with E-state index in [1.165, 1.54) is 0 Å². The zero-order valence-electron chi connectivity index (χ0n) is 30.4. The topological polar surface area (TPSA) is 102 Å². The SMILES string of the molecule is N#CC(C#N)=c1cc(Cc2ccc(N(c3ccccc3)c3ccccc3)cc2)c(=C(C#N)C#N)cc1Cc1ccc(N(c2ccccc2)c2ccccc2)cc1.